The van der Waals surface area contributed by atoms with Gasteiger partial charge in [-0.15, -0.1) is 0 Å². The number of hydrogen-bond donors (Lipinski definition) is 1. The molecular weight excluding hydrogens is 406 g/mol. The van der Waals surface area contributed by atoms with E-state index in [2.05, 4.69) is 4.90 Å². The fourth-order valence-corrected chi connectivity index (χ4v) is 4.22. The lowest BCUT2D eigenvalue weighted by molar-refractivity contribution is -0.143. The monoisotopic (exact) mass is 435 g/mol. The van der Waals surface area contributed by atoms with Crippen LogP contribution in [-0.4, -0.2) is 35.7 Å². The minimum atomic E-state index is -0.710. The van der Waals surface area contributed by atoms with Gasteiger partial charge in [-0.25, -0.2) is 0 Å². The Hall–Kier alpha value is -3.25. The number of piperidine rings is 1. The number of carboxylic acids is 1. The van der Waals surface area contributed by atoms with Gasteiger partial charge < -0.3 is 19.0 Å². The van der Waals surface area contributed by atoms with Crippen molar-refractivity contribution in [2.45, 2.75) is 32.4 Å². The van der Waals surface area contributed by atoms with Crippen LogP contribution in [0.1, 0.15) is 42.7 Å². The van der Waals surface area contributed by atoms with E-state index in [1.165, 1.54) is 0 Å². The molecule has 2 heterocycles. The minimum Gasteiger partial charge on any atom is -0.490 e. The van der Waals surface area contributed by atoms with Crippen molar-refractivity contribution in [2.24, 2.45) is 5.92 Å². The molecule has 1 saturated heterocycles. The first kappa shape index (κ1) is 22.0. The third-order valence-electron chi connectivity index (χ3n) is 5.88. The van der Waals surface area contributed by atoms with Crippen LogP contribution in [0.4, 0.5) is 0 Å². The van der Waals surface area contributed by atoms with Crippen LogP contribution in [0.3, 0.4) is 0 Å². The van der Waals surface area contributed by atoms with Crippen molar-refractivity contribution in [2.75, 3.05) is 19.7 Å². The van der Waals surface area contributed by atoms with Crippen LogP contribution >= 0.6 is 0 Å². The molecule has 1 atom stereocenters. The molecule has 3 aromatic rings. The van der Waals surface area contributed by atoms with Crippen molar-refractivity contribution in [1.82, 2.24) is 4.90 Å². The van der Waals surface area contributed by atoms with Crippen LogP contribution in [0, 0.1) is 5.92 Å². The number of ether oxygens (including phenoxy) is 2. The molecule has 0 aliphatic carbocycles. The Kier molecular flexibility index (Phi) is 7.12. The smallest absolute Gasteiger partial charge is 0.306 e. The number of rotatable bonds is 9. The van der Waals surface area contributed by atoms with E-state index in [-0.39, 0.29) is 12.0 Å². The summed E-state index contributed by atoms with van der Waals surface area (Å²) in [5, 5.41) is 9.36. The fraction of sp³-hybridized carbons (Fsp3) is 0.346. The van der Waals surface area contributed by atoms with Gasteiger partial charge in [0, 0.05) is 0 Å². The summed E-state index contributed by atoms with van der Waals surface area (Å²) in [6, 6.07) is 19.8. The summed E-state index contributed by atoms with van der Waals surface area (Å²) < 4.78 is 17.8. The van der Waals surface area contributed by atoms with Crippen LogP contribution < -0.4 is 9.47 Å². The summed E-state index contributed by atoms with van der Waals surface area (Å²) in [7, 11) is 0. The molecule has 1 aromatic heterocycles. The first-order valence-corrected chi connectivity index (χ1v) is 11.1. The zero-order valence-corrected chi connectivity index (χ0v) is 18.3. The van der Waals surface area contributed by atoms with Gasteiger partial charge >= 0.3 is 5.97 Å². The van der Waals surface area contributed by atoms with Gasteiger partial charge in [-0.05, 0) is 68.2 Å². The number of likely N-dealkylation sites (tertiary alicyclic amines) is 1. The molecule has 0 saturated carbocycles. The van der Waals surface area contributed by atoms with Crippen LogP contribution in [0.25, 0.3) is 0 Å². The normalized spacial score (nSPS) is 15.9. The van der Waals surface area contributed by atoms with Crippen molar-refractivity contribution in [1.29, 1.82) is 0 Å². The molecule has 6 heteroatoms. The van der Waals surface area contributed by atoms with E-state index < -0.39 is 5.97 Å². The quantitative estimate of drug-likeness (QED) is 0.502. The van der Waals surface area contributed by atoms with E-state index in [9.17, 15) is 9.90 Å². The predicted molar refractivity (Wildman–Crippen MR) is 121 cm³/mol. The molecule has 6 nitrogen and oxygen atoms in total. The third-order valence-corrected chi connectivity index (χ3v) is 5.88. The first-order chi connectivity index (χ1) is 15.7. The summed E-state index contributed by atoms with van der Waals surface area (Å²) in [6.07, 6.45) is 2.93. The predicted octanol–water partition coefficient (Wildman–Crippen LogP) is 5.14. The fourth-order valence-electron chi connectivity index (χ4n) is 4.22. The number of benzene rings is 2. The molecule has 1 aliphatic rings. The molecule has 0 amide bonds. The highest BCUT2D eigenvalue weighted by molar-refractivity contribution is 5.70. The van der Waals surface area contributed by atoms with Crippen molar-refractivity contribution >= 4 is 5.97 Å². The lowest BCUT2D eigenvalue weighted by Crippen LogP contribution is -2.39. The van der Waals surface area contributed by atoms with E-state index in [0.717, 1.165) is 16.9 Å². The van der Waals surface area contributed by atoms with Crippen molar-refractivity contribution < 1.29 is 23.8 Å². The molecule has 0 bridgehead atoms. The Morgan fingerprint density at radius 3 is 2.50 bits per heavy atom. The Bertz CT molecular complexity index is 994. The molecule has 0 radical (unpaired) electrons. The standard InChI is InChI=1S/C26H29NO5/c1-2-30-24-17-21(10-11-22(24)32-18-19-7-4-3-5-8-19)25(23-9-6-16-31-23)27-14-12-20(13-15-27)26(28)29/h3-11,16-17,20,25H,2,12-15,18H2,1H3,(H,28,29). The first-order valence-electron chi connectivity index (χ1n) is 11.1. The highest BCUT2D eigenvalue weighted by Gasteiger charge is 2.32. The molecule has 0 spiro atoms. The molecule has 32 heavy (non-hydrogen) atoms. The van der Waals surface area contributed by atoms with E-state index in [0.29, 0.717) is 50.6 Å². The maximum atomic E-state index is 11.4. The highest BCUT2D eigenvalue weighted by Crippen LogP contribution is 2.37. The Morgan fingerprint density at radius 1 is 1.06 bits per heavy atom. The molecule has 168 valence electrons. The Morgan fingerprint density at radius 2 is 1.84 bits per heavy atom. The minimum absolute atomic E-state index is 0.109. The molecule has 1 unspecified atom stereocenters. The van der Waals surface area contributed by atoms with E-state index in [4.69, 9.17) is 13.9 Å². The van der Waals surface area contributed by atoms with Crippen molar-refractivity contribution in [3.63, 3.8) is 0 Å². The van der Waals surface area contributed by atoms with E-state index in [1.807, 2.05) is 67.6 Å². The maximum absolute atomic E-state index is 11.4. The van der Waals surface area contributed by atoms with Gasteiger partial charge in [0.05, 0.1) is 24.8 Å². The van der Waals surface area contributed by atoms with Gasteiger partial charge in [-0.2, -0.15) is 0 Å². The van der Waals surface area contributed by atoms with Gasteiger partial charge in [0.25, 0.3) is 0 Å². The number of carboxylic acid groups (broad SMARTS) is 1. The molecule has 2 aromatic carbocycles. The second-order valence-electron chi connectivity index (χ2n) is 7.98. The zero-order valence-electron chi connectivity index (χ0n) is 18.3. The summed E-state index contributed by atoms with van der Waals surface area (Å²) >= 11 is 0. The summed E-state index contributed by atoms with van der Waals surface area (Å²) in [5.74, 6) is 1.23. The number of carbonyl (C=O) groups is 1. The summed E-state index contributed by atoms with van der Waals surface area (Å²) in [6.45, 7) is 4.33. The van der Waals surface area contributed by atoms with E-state index in [1.54, 1.807) is 6.26 Å². The molecular formula is C26H29NO5. The highest BCUT2D eigenvalue weighted by atomic mass is 16.5. The van der Waals surface area contributed by atoms with Crippen LogP contribution in [0.15, 0.2) is 71.3 Å². The lowest BCUT2D eigenvalue weighted by Gasteiger charge is -2.36. The number of nitrogens with zero attached hydrogens (tertiary/aromatic N) is 1. The number of aliphatic carboxylic acids is 1. The Labute approximate surface area is 188 Å². The van der Waals surface area contributed by atoms with Gasteiger partial charge in [0.2, 0.25) is 0 Å². The second-order valence-corrected chi connectivity index (χ2v) is 7.98. The molecule has 1 fully saturated rings. The number of hydrogen-bond acceptors (Lipinski definition) is 5. The maximum Gasteiger partial charge on any atom is 0.306 e. The van der Waals surface area contributed by atoms with Crippen LogP contribution in [-0.2, 0) is 11.4 Å². The lowest BCUT2D eigenvalue weighted by atomic mass is 9.93. The van der Waals surface area contributed by atoms with E-state index >= 15 is 0 Å². The van der Waals surface area contributed by atoms with Crippen molar-refractivity contribution in [3.05, 3.63) is 83.8 Å². The van der Waals surface area contributed by atoms with Crippen LogP contribution in [0.2, 0.25) is 0 Å². The zero-order chi connectivity index (χ0) is 22.3. The SMILES string of the molecule is CCOc1cc(C(c2ccco2)N2CCC(C(=O)O)CC2)ccc1OCc1ccccc1. The Balaban J connectivity index is 1.58. The molecule has 1 N–H and O–H groups in total. The largest absolute Gasteiger partial charge is 0.490 e. The van der Waals surface area contributed by atoms with Gasteiger partial charge in [-0.3, -0.25) is 9.69 Å². The van der Waals surface area contributed by atoms with Gasteiger partial charge in [0.1, 0.15) is 12.4 Å². The second kappa shape index (κ2) is 10.4. The van der Waals surface area contributed by atoms with Gasteiger partial charge in [-0.1, -0.05) is 36.4 Å². The topological polar surface area (TPSA) is 72.1 Å². The van der Waals surface area contributed by atoms with Gasteiger partial charge in [0.15, 0.2) is 11.5 Å². The van der Waals surface area contributed by atoms with Crippen molar-refractivity contribution in [3.8, 4) is 11.5 Å². The van der Waals surface area contributed by atoms with Crippen LogP contribution in [0.5, 0.6) is 11.5 Å². The third kappa shape index (κ3) is 5.14. The average molecular weight is 436 g/mol. The average Bonchev–Trinajstić information content (AvgIpc) is 3.34. The summed E-state index contributed by atoms with van der Waals surface area (Å²) in [5.41, 5.74) is 2.12. The molecule has 1 aliphatic heterocycles. The number of furan rings is 1. The molecule has 4 rings (SSSR count). The summed E-state index contributed by atoms with van der Waals surface area (Å²) in [4.78, 5) is 13.7.